The Bertz CT molecular complexity index is 763. The number of benzene rings is 2. The fraction of sp³-hybridized carbons (Fsp3) is 0.294. The molecule has 2 aliphatic carbocycles. The molecule has 2 heterocycles. The number of hydrogen-bond donors (Lipinski definition) is 0. The van der Waals surface area contributed by atoms with Gasteiger partial charge in [0.25, 0.3) is 0 Å². The van der Waals surface area contributed by atoms with Gasteiger partial charge in [-0.25, -0.2) is 0 Å². The molecule has 2 fully saturated rings. The van der Waals surface area contributed by atoms with Crippen molar-refractivity contribution in [2.75, 3.05) is 0 Å². The van der Waals surface area contributed by atoms with Gasteiger partial charge in [-0.05, 0) is 45.9 Å². The normalized spacial score (nSPS) is 34.2. The van der Waals surface area contributed by atoms with E-state index in [1.807, 2.05) is 0 Å². The lowest BCUT2D eigenvalue weighted by Crippen LogP contribution is -2.10. The number of rotatable bonds is 0. The molecule has 4 aliphatic rings. The summed E-state index contributed by atoms with van der Waals surface area (Å²) in [7, 11) is 0. The zero-order valence-electron chi connectivity index (χ0n) is 10.5. The average Bonchev–Trinajstić information content (AvgIpc) is 3.31. The molecule has 2 aromatic carbocycles. The maximum Gasteiger partial charge on any atom is 0.115 e. The van der Waals surface area contributed by atoms with E-state index in [1.165, 1.54) is 38.9 Å². The first-order valence-corrected chi connectivity index (χ1v) is 6.92. The van der Waals surface area contributed by atoms with Gasteiger partial charge in [-0.15, -0.1) is 0 Å². The van der Waals surface area contributed by atoms with Crippen LogP contribution in [0.1, 0.15) is 52.2 Å². The Morgan fingerprint density at radius 3 is 2.16 bits per heavy atom. The molecule has 2 aliphatic heterocycles. The van der Waals surface area contributed by atoms with Crippen molar-refractivity contribution in [1.29, 1.82) is 0 Å². The van der Waals surface area contributed by atoms with Crippen LogP contribution in [0.25, 0.3) is 11.1 Å². The lowest BCUT2D eigenvalue weighted by Gasteiger charge is -2.26. The maximum atomic E-state index is 5.96. The zero-order valence-corrected chi connectivity index (χ0v) is 10.5. The molecule has 2 saturated heterocycles. The molecule has 4 atom stereocenters. The van der Waals surface area contributed by atoms with Gasteiger partial charge >= 0.3 is 0 Å². The Hall–Kier alpha value is -1.64. The molecule has 0 spiro atoms. The van der Waals surface area contributed by atoms with Gasteiger partial charge in [0.2, 0.25) is 0 Å². The first-order valence-electron chi connectivity index (χ1n) is 6.92. The minimum atomic E-state index is 0.284. The van der Waals surface area contributed by atoms with Crippen LogP contribution in [0, 0.1) is 6.92 Å². The highest BCUT2D eigenvalue weighted by molar-refractivity contribution is 5.85. The highest BCUT2D eigenvalue weighted by Crippen LogP contribution is 2.68. The number of hydrogen-bond acceptors (Lipinski definition) is 2. The molecule has 0 aromatic heterocycles. The summed E-state index contributed by atoms with van der Waals surface area (Å²) >= 11 is 0. The second kappa shape index (κ2) is 2.62. The van der Waals surface area contributed by atoms with Crippen LogP contribution >= 0.6 is 0 Å². The Labute approximate surface area is 111 Å². The Morgan fingerprint density at radius 1 is 0.737 bits per heavy atom. The summed E-state index contributed by atoms with van der Waals surface area (Å²) < 4.78 is 11.9. The van der Waals surface area contributed by atoms with Gasteiger partial charge in [-0.3, -0.25) is 0 Å². The van der Waals surface area contributed by atoms with E-state index in [0.717, 1.165) is 0 Å². The molecule has 0 saturated carbocycles. The van der Waals surface area contributed by atoms with Crippen LogP contribution < -0.4 is 0 Å². The summed E-state index contributed by atoms with van der Waals surface area (Å²) in [4.78, 5) is 0. The van der Waals surface area contributed by atoms with Crippen molar-refractivity contribution in [2.45, 2.75) is 31.3 Å². The van der Waals surface area contributed by atoms with E-state index in [9.17, 15) is 0 Å². The summed E-state index contributed by atoms with van der Waals surface area (Å²) in [5, 5.41) is 0. The van der Waals surface area contributed by atoms with Gasteiger partial charge in [0.05, 0.1) is 0 Å². The first kappa shape index (κ1) is 9.29. The van der Waals surface area contributed by atoms with Crippen molar-refractivity contribution in [1.82, 2.24) is 0 Å². The van der Waals surface area contributed by atoms with Crippen LogP contribution in [-0.2, 0) is 9.47 Å². The van der Waals surface area contributed by atoms with Crippen LogP contribution in [0.4, 0.5) is 0 Å². The zero-order chi connectivity index (χ0) is 12.3. The third-order valence-electron chi connectivity index (χ3n) is 5.06. The lowest BCUT2D eigenvalue weighted by molar-refractivity contribution is 0.375. The second-order valence-corrected chi connectivity index (χ2v) is 6.03. The summed E-state index contributed by atoms with van der Waals surface area (Å²) in [5.41, 5.74) is 9.71. The van der Waals surface area contributed by atoms with Gasteiger partial charge in [-0.1, -0.05) is 30.3 Å². The van der Waals surface area contributed by atoms with Crippen LogP contribution in [0.15, 0.2) is 30.3 Å². The molecule has 6 rings (SSSR count). The quantitative estimate of drug-likeness (QED) is 0.660. The standard InChI is InChI=1S/C17H12O2/c1-7-5-6-10-13-11(7)17-16(19-17)9-4-2-3-8(12(9)13)14-15(10)18-14/h2-6,14-17H,1H3/t14-,15+,16+,17-/m1/s1. The van der Waals surface area contributed by atoms with Crippen LogP contribution in [-0.4, -0.2) is 0 Å². The Morgan fingerprint density at radius 2 is 1.37 bits per heavy atom. The fourth-order valence-corrected chi connectivity index (χ4v) is 4.13. The van der Waals surface area contributed by atoms with Crippen LogP contribution in [0.5, 0.6) is 0 Å². The van der Waals surface area contributed by atoms with Crippen molar-refractivity contribution in [3.8, 4) is 11.1 Å². The summed E-state index contributed by atoms with van der Waals surface area (Å²) in [6.45, 7) is 2.20. The van der Waals surface area contributed by atoms with Crippen LogP contribution in [0.2, 0.25) is 0 Å². The van der Waals surface area contributed by atoms with Gasteiger partial charge < -0.3 is 9.47 Å². The van der Waals surface area contributed by atoms with E-state index in [0.29, 0.717) is 0 Å². The van der Waals surface area contributed by atoms with Crippen LogP contribution in [0.3, 0.4) is 0 Å². The van der Waals surface area contributed by atoms with Crippen molar-refractivity contribution >= 4 is 0 Å². The van der Waals surface area contributed by atoms with E-state index in [2.05, 4.69) is 37.3 Å². The summed E-state index contributed by atoms with van der Waals surface area (Å²) in [5.74, 6) is 0. The largest absolute Gasteiger partial charge is 0.359 e. The minimum Gasteiger partial charge on any atom is -0.359 e. The molecular formula is C17H12O2. The molecule has 2 nitrogen and oxygen atoms in total. The predicted molar refractivity (Wildman–Crippen MR) is 69.7 cm³/mol. The number of fused-ring (bicyclic) bond motifs is 6. The minimum absolute atomic E-state index is 0.284. The molecule has 19 heavy (non-hydrogen) atoms. The molecule has 2 heteroatoms. The topological polar surface area (TPSA) is 25.1 Å². The van der Waals surface area contributed by atoms with E-state index < -0.39 is 0 Å². The highest BCUT2D eigenvalue weighted by atomic mass is 16.6. The monoisotopic (exact) mass is 248 g/mol. The smallest absolute Gasteiger partial charge is 0.115 e. The molecule has 0 radical (unpaired) electrons. The van der Waals surface area contributed by atoms with E-state index >= 15 is 0 Å². The van der Waals surface area contributed by atoms with E-state index in [1.54, 1.807) is 0 Å². The molecule has 0 bridgehead atoms. The number of aryl methyl sites for hydroxylation is 1. The predicted octanol–water partition coefficient (Wildman–Crippen LogP) is 3.91. The van der Waals surface area contributed by atoms with E-state index in [4.69, 9.17) is 9.47 Å². The third-order valence-corrected chi connectivity index (χ3v) is 5.06. The number of ether oxygens (including phenoxy) is 2. The maximum absolute atomic E-state index is 5.96. The van der Waals surface area contributed by atoms with Crippen molar-refractivity contribution < 1.29 is 9.47 Å². The molecule has 92 valence electrons. The average molecular weight is 248 g/mol. The summed E-state index contributed by atoms with van der Waals surface area (Å²) in [6.07, 6.45) is 1.14. The van der Waals surface area contributed by atoms with Crippen molar-refractivity contribution in [2.24, 2.45) is 0 Å². The third kappa shape index (κ3) is 0.896. The summed E-state index contributed by atoms with van der Waals surface area (Å²) in [6, 6.07) is 11.1. The fourth-order valence-electron chi connectivity index (χ4n) is 4.13. The van der Waals surface area contributed by atoms with Gasteiger partial charge in [0.1, 0.15) is 24.4 Å². The highest BCUT2D eigenvalue weighted by Gasteiger charge is 2.56. The number of epoxide rings is 2. The molecule has 0 amide bonds. The molecule has 0 unspecified atom stereocenters. The van der Waals surface area contributed by atoms with Gasteiger partial charge in [-0.2, -0.15) is 0 Å². The Kier molecular flexibility index (Phi) is 1.28. The lowest BCUT2D eigenvalue weighted by atomic mass is 9.74. The van der Waals surface area contributed by atoms with Crippen molar-refractivity contribution in [3.63, 3.8) is 0 Å². The molecular weight excluding hydrogens is 236 g/mol. The molecule has 2 aromatic rings. The van der Waals surface area contributed by atoms with E-state index in [-0.39, 0.29) is 24.4 Å². The van der Waals surface area contributed by atoms with Gasteiger partial charge in [0, 0.05) is 0 Å². The van der Waals surface area contributed by atoms with Gasteiger partial charge in [0.15, 0.2) is 0 Å². The first-order chi connectivity index (χ1) is 9.34. The van der Waals surface area contributed by atoms with Crippen molar-refractivity contribution in [3.05, 3.63) is 58.1 Å². The molecule has 0 N–H and O–H groups in total. The Balaban J connectivity index is 1.86. The second-order valence-electron chi connectivity index (χ2n) is 6.03. The SMILES string of the molecule is Cc1ccc2c3c1[C@H]1O[C@H]1c1cccc(c1-3)[C@H]1O[C@@H]21.